The Bertz CT molecular complexity index is 508. The van der Waals surface area contributed by atoms with E-state index < -0.39 is 0 Å². The van der Waals surface area contributed by atoms with Crippen molar-refractivity contribution in [2.75, 3.05) is 14.2 Å². The van der Waals surface area contributed by atoms with Gasteiger partial charge in [-0.1, -0.05) is 0 Å². The standard InChI is InChI=1S/C14H17NO4/c1-9-6-12(19-3)10(7-11(9)18-2)8-15-13(16)4-5-14(15)17/h6-7H,4-5,8H2,1-3H3. The molecule has 0 aromatic heterocycles. The lowest BCUT2D eigenvalue weighted by Gasteiger charge is -2.18. The maximum absolute atomic E-state index is 11.6. The molecular formula is C14H17NO4. The van der Waals surface area contributed by atoms with E-state index in [0.717, 1.165) is 16.9 Å². The number of imide groups is 1. The van der Waals surface area contributed by atoms with Gasteiger partial charge in [-0.25, -0.2) is 0 Å². The molecule has 0 saturated carbocycles. The molecule has 1 saturated heterocycles. The van der Waals surface area contributed by atoms with Gasteiger partial charge in [0.2, 0.25) is 11.8 Å². The normalized spacial score (nSPS) is 15.0. The summed E-state index contributed by atoms with van der Waals surface area (Å²) in [6, 6.07) is 3.66. The van der Waals surface area contributed by atoms with Crippen LogP contribution in [-0.4, -0.2) is 30.9 Å². The van der Waals surface area contributed by atoms with E-state index in [-0.39, 0.29) is 18.4 Å². The van der Waals surface area contributed by atoms with E-state index in [2.05, 4.69) is 0 Å². The fourth-order valence-electron chi connectivity index (χ4n) is 2.21. The molecule has 1 aromatic carbocycles. The molecule has 19 heavy (non-hydrogen) atoms. The molecule has 1 aliphatic rings. The second-order valence-electron chi connectivity index (χ2n) is 4.51. The molecule has 0 aliphatic carbocycles. The van der Waals surface area contributed by atoms with Crippen LogP contribution in [-0.2, 0) is 16.1 Å². The van der Waals surface area contributed by atoms with Crippen molar-refractivity contribution in [2.24, 2.45) is 0 Å². The van der Waals surface area contributed by atoms with E-state index in [0.29, 0.717) is 18.6 Å². The van der Waals surface area contributed by atoms with Gasteiger partial charge in [0.1, 0.15) is 11.5 Å². The molecule has 5 heteroatoms. The Hall–Kier alpha value is -2.04. The number of carbonyl (C=O) groups is 2. The minimum atomic E-state index is -0.133. The first-order valence-corrected chi connectivity index (χ1v) is 6.11. The number of rotatable bonds is 4. The van der Waals surface area contributed by atoms with Gasteiger partial charge < -0.3 is 9.47 Å². The molecular weight excluding hydrogens is 246 g/mol. The van der Waals surface area contributed by atoms with Gasteiger partial charge in [0.05, 0.1) is 20.8 Å². The molecule has 0 atom stereocenters. The number of methoxy groups -OCH3 is 2. The summed E-state index contributed by atoms with van der Waals surface area (Å²) in [7, 11) is 3.16. The molecule has 1 aliphatic heterocycles. The Kier molecular flexibility index (Phi) is 3.74. The van der Waals surface area contributed by atoms with Crippen LogP contribution in [0.25, 0.3) is 0 Å². The van der Waals surface area contributed by atoms with Crippen molar-refractivity contribution in [2.45, 2.75) is 26.3 Å². The molecule has 102 valence electrons. The fourth-order valence-corrected chi connectivity index (χ4v) is 2.21. The Morgan fingerprint density at radius 2 is 1.63 bits per heavy atom. The monoisotopic (exact) mass is 263 g/mol. The summed E-state index contributed by atoms with van der Waals surface area (Å²) < 4.78 is 10.6. The summed E-state index contributed by atoms with van der Waals surface area (Å²) >= 11 is 0. The first-order chi connectivity index (χ1) is 9.06. The number of ether oxygens (including phenoxy) is 2. The van der Waals surface area contributed by atoms with Crippen molar-refractivity contribution in [1.82, 2.24) is 4.90 Å². The minimum absolute atomic E-state index is 0.133. The summed E-state index contributed by atoms with van der Waals surface area (Å²) in [6.07, 6.45) is 0.592. The molecule has 2 rings (SSSR count). The van der Waals surface area contributed by atoms with Crippen molar-refractivity contribution >= 4 is 11.8 Å². The summed E-state index contributed by atoms with van der Waals surface area (Å²) in [4.78, 5) is 24.6. The molecule has 1 aromatic rings. The number of hydrogen-bond acceptors (Lipinski definition) is 4. The highest BCUT2D eigenvalue weighted by atomic mass is 16.5. The molecule has 1 heterocycles. The first-order valence-electron chi connectivity index (χ1n) is 6.11. The van der Waals surface area contributed by atoms with E-state index in [1.165, 1.54) is 4.90 Å². The zero-order chi connectivity index (χ0) is 14.0. The second-order valence-corrected chi connectivity index (χ2v) is 4.51. The van der Waals surface area contributed by atoms with E-state index in [4.69, 9.17) is 9.47 Å². The number of hydrogen-bond donors (Lipinski definition) is 0. The number of likely N-dealkylation sites (tertiary alicyclic amines) is 1. The van der Waals surface area contributed by atoms with Crippen molar-refractivity contribution in [3.63, 3.8) is 0 Å². The van der Waals surface area contributed by atoms with Crippen LogP contribution in [0.2, 0.25) is 0 Å². The van der Waals surface area contributed by atoms with Crippen LogP contribution in [0.15, 0.2) is 12.1 Å². The van der Waals surface area contributed by atoms with Gasteiger partial charge in [0, 0.05) is 18.4 Å². The summed E-state index contributed by atoms with van der Waals surface area (Å²) in [5.74, 6) is 1.11. The third-order valence-electron chi connectivity index (χ3n) is 3.28. The first kappa shape index (κ1) is 13.4. The average molecular weight is 263 g/mol. The van der Waals surface area contributed by atoms with Gasteiger partial charge in [-0.2, -0.15) is 0 Å². The van der Waals surface area contributed by atoms with Gasteiger partial charge in [-0.3, -0.25) is 14.5 Å². The molecule has 0 N–H and O–H groups in total. The van der Waals surface area contributed by atoms with Gasteiger partial charge in [0.15, 0.2) is 0 Å². The maximum atomic E-state index is 11.6. The topological polar surface area (TPSA) is 55.8 Å². The van der Waals surface area contributed by atoms with Gasteiger partial charge in [-0.15, -0.1) is 0 Å². The van der Waals surface area contributed by atoms with E-state index in [1.807, 2.05) is 19.1 Å². The molecule has 0 spiro atoms. The third-order valence-corrected chi connectivity index (χ3v) is 3.28. The van der Waals surface area contributed by atoms with Crippen LogP contribution in [0, 0.1) is 6.92 Å². The largest absolute Gasteiger partial charge is 0.496 e. The lowest BCUT2D eigenvalue weighted by Crippen LogP contribution is -2.28. The lowest BCUT2D eigenvalue weighted by molar-refractivity contribution is -0.139. The van der Waals surface area contributed by atoms with E-state index in [1.54, 1.807) is 14.2 Å². The quantitative estimate of drug-likeness (QED) is 0.775. The maximum Gasteiger partial charge on any atom is 0.230 e. The Balaban J connectivity index is 2.33. The lowest BCUT2D eigenvalue weighted by atomic mass is 10.1. The van der Waals surface area contributed by atoms with Crippen LogP contribution in [0.4, 0.5) is 0 Å². The van der Waals surface area contributed by atoms with Gasteiger partial charge >= 0.3 is 0 Å². The zero-order valence-electron chi connectivity index (χ0n) is 11.4. The van der Waals surface area contributed by atoms with Crippen LogP contribution < -0.4 is 9.47 Å². The average Bonchev–Trinajstić information content (AvgIpc) is 2.71. The number of nitrogens with zero attached hydrogens (tertiary/aromatic N) is 1. The summed E-state index contributed by atoms with van der Waals surface area (Å²) in [5, 5.41) is 0. The van der Waals surface area contributed by atoms with E-state index in [9.17, 15) is 9.59 Å². The van der Waals surface area contributed by atoms with Crippen LogP contribution in [0.5, 0.6) is 11.5 Å². The predicted octanol–water partition coefficient (Wildman–Crippen LogP) is 1.66. The SMILES string of the molecule is COc1cc(CN2C(=O)CCC2=O)c(OC)cc1C. The van der Waals surface area contributed by atoms with Crippen molar-refractivity contribution in [3.05, 3.63) is 23.3 Å². The number of carbonyl (C=O) groups excluding carboxylic acids is 2. The second kappa shape index (κ2) is 5.30. The van der Waals surface area contributed by atoms with Crippen molar-refractivity contribution in [3.8, 4) is 11.5 Å². The number of benzene rings is 1. The molecule has 0 bridgehead atoms. The highest BCUT2D eigenvalue weighted by Gasteiger charge is 2.29. The van der Waals surface area contributed by atoms with Gasteiger partial charge in [0.25, 0.3) is 0 Å². The predicted molar refractivity (Wildman–Crippen MR) is 69.1 cm³/mol. The fraction of sp³-hybridized carbons (Fsp3) is 0.429. The Labute approximate surface area is 112 Å². The highest BCUT2D eigenvalue weighted by molar-refractivity contribution is 6.01. The molecule has 0 radical (unpaired) electrons. The van der Waals surface area contributed by atoms with Crippen LogP contribution in [0.3, 0.4) is 0 Å². The molecule has 5 nitrogen and oxygen atoms in total. The summed E-state index contributed by atoms with van der Waals surface area (Å²) in [6.45, 7) is 2.15. The highest BCUT2D eigenvalue weighted by Crippen LogP contribution is 2.30. The van der Waals surface area contributed by atoms with Gasteiger partial charge in [-0.05, 0) is 24.6 Å². The van der Waals surface area contributed by atoms with E-state index >= 15 is 0 Å². The molecule has 1 fully saturated rings. The summed E-state index contributed by atoms with van der Waals surface area (Å²) in [5.41, 5.74) is 1.72. The zero-order valence-corrected chi connectivity index (χ0v) is 11.4. The van der Waals surface area contributed by atoms with Crippen molar-refractivity contribution in [1.29, 1.82) is 0 Å². The van der Waals surface area contributed by atoms with Crippen LogP contribution in [0.1, 0.15) is 24.0 Å². The minimum Gasteiger partial charge on any atom is -0.496 e. The smallest absolute Gasteiger partial charge is 0.230 e. The number of amides is 2. The number of aryl methyl sites for hydroxylation is 1. The van der Waals surface area contributed by atoms with Crippen molar-refractivity contribution < 1.29 is 19.1 Å². The molecule has 0 unspecified atom stereocenters. The molecule has 2 amide bonds. The van der Waals surface area contributed by atoms with Crippen LogP contribution >= 0.6 is 0 Å². The Morgan fingerprint density at radius 1 is 1.05 bits per heavy atom. The third kappa shape index (κ3) is 2.54. The Morgan fingerprint density at radius 3 is 2.16 bits per heavy atom.